The average Bonchev–Trinajstić information content (AvgIpc) is 3.10. The van der Waals surface area contributed by atoms with Gasteiger partial charge < -0.3 is 29.0 Å². The van der Waals surface area contributed by atoms with Crippen LogP contribution in [0.25, 0.3) is 0 Å². The molecule has 1 heterocycles. The van der Waals surface area contributed by atoms with Crippen LogP contribution in [0.15, 0.2) is 115 Å². The zero-order valence-corrected chi connectivity index (χ0v) is 25.8. The molecule has 0 amide bonds. The quantitative estimate of drug-likeness (QED) is 0.148. The van der Waals surface area contributed by atoms with E-state index < -0.39 is 0 Å². The van der Waals surface area contributed by atoms with Gasteiger partial charge in [0, 0.05) is 11.6 Å². The molecule has 0 aromatic heterocycles. The van der Waals surface area contributed by atoms with E-state index in [-0.39, 0.29) is 6.04 Å². The van der Waals surface area contributed by atoms with Crippen molar-refractivity contribution in [3.05, 3.63) is 149 Å². The molecule has 1 unspecified atom stereocenters. The summed E-state index contributed by atoms with van der Waals surface area (Å²) in [5.74, 6) is 3.44. The van der Waals surface area contributed by atoms with Crippen molar-refractivity contribution in [1.82, 2.24) is 5.32 Å². The molecular formula is C39H39NO5. The third-order valence-electron chi connectivity index (χ3n) is 8.03. The predicted molar refractivity (Wildman–Crippen MR) is 176 cm³/mol. The van der Waals surface area contributed by atoms with Gasteiger partial charge >= 0.3 is 0 Å². The minimum atomic E-state index is 0.00624. The van der Waals surface area contributed by atoms with Gasteiger partial charge in [0.1, 0.15) is 19.8 Å². The number of nitrogens with one attached hydrogen (secondary N) is 1. The molecule has 0 saturated carbocycles. The highest BCUT2D eigenvalue weighted by molar-refractivity contribution is 5.61. The van der Waals surface area contributed by atoms with E-state index in [1.54, 1.807) is 14.2 Å². The van der Waals surface area contributed by atoms with Gasteiger partial charge in [0.25, 0.3) is 0 Å². The van der Waals surface area contributed by atoms with Crippen LogP contribution in [0.4, 0.5) is 0 Å². The standard InChI is InChI=1S/C39H39NO5/c1-41-35-23-31(18-19-34(35)43-25-28-12-6-3-7-13-28)22-33-37-32(20-21-40-33)24-36(44-26-29-14-8-4-9-15-29)38(39(37)42-2)45-27-30-16-10-5-11-17-30/h3-19,23-24,33,40H,20-22,25-27H2,1-2H3. The molecule has 0 radical (unpaired) electrons. The van der Waals surface area contributed by atoms with Crippen LogP contribution in [0.3, 0.4) is 0 Å². The molecule has 1 aliphatic heterocycles. The number of hydrogen-bond acceptors (Lipinski definition) is 6. The highest BCUT2D eigenvalue weighted by Crippen LogP contribution is 2.47. The molecule has 0 fully saturated rings. The maximum Gasteiger partial charge on any atom is 0.204 e. The Bertz CT molecular complexity index is 1680. The van der Waals surface area contributed by atoms with E-state index in [4.69, 9.17) is 23.7 Å². The van der Waals surface area contributed by atoms with E-state index in [0.29, 0.717) is 42.8 Å². The molecule has 6 rings (SSSR count). The highest BCUT2D eigenvalue weighted by Gasteiger charge is 2.30. The van der Waals surface area contributed by atoms with Crippen molar-refractivity contribution >= 4 is 0 Å². The molecule has 5 aromatic carbocycles. The minimum Gasteiger partial charge on any atom is -0.493 e. The first-order valence-corrected chi connectivity index (χ1v) is 15.4. The maximum absolute atomic E-state index is 6.50. The van der Waals surface area contributed by atoms with Crippen LogP contribution in [0.5, 0.6) is 28.7 Å². The largest absolute Gasteiger partial charge is 0.493 e. The monoisotopic (exact) mass is 601 g/mol. The van der Waals surface area contributed by atoms with E-state index in [2.05, 4.69) is 59.9 Å². The summed E-state index contributed by atoms with van der Waals surface area (Å²) in [5.41, 5.74) is 6.69. The van der Waals surface area contributed by atoms with Gasteiger partial charge in [0.05, 0.1) is 14.2 Å². The summed E-state index contributed by atoms with van der Waals surface area (Å²) in [6.07, 6.45) is 1.60. The van der Waals surface area contributed by atoms with E-state index >= 15 is 0 Å². The molecule has 6 nitrogen and oxygen atoms in total. The molecule has 230 valence electrons. The van der Waals surface area contributed by atoms with Crippen molar-refractivity contribution in [2.75, 3.05) is 20.8 Å². The van der Waals surface area contributed by atoms with Crippen molar-refractivity contribution < 1.29 is 23.7 Å². The fourth-order valence-electron chi connectivity index (χ4n) is 5.77. The second-order valence-electron chi connectivity index (χ2n) is 11.1. The molecule has 6 heteroatoms. The molecule has 45 heavy (non-hydrogen) atoms. The number of benzene rings is 5. The van der Waals surface area contributed by atoms with Crippen molar-refractivity contribution in [2.45, 2.75) is 38.7 Å². The van der Waals surface area contributed by atoms with Gasteiger partial charge in [-0.3, -0.25) is 0 Å². The fourth-order valence-corrected chi connectivity index (χ4v) is 5.77. The Morgan fingerprint density at radius 2 is 1.13 bits per heavy atom. The first-order chi connectivity index (χ1) is 22.2. The number of fused-ring (bicyclic) bond motifs is 1. The Morgan fingerprint density at radius 3 is 1.71 bits per heavy atom. The van der Waals surface area contributed by atoms with Gasteiger partial charge in [-0.1, -0.05) is 97.1 Å². The normalized spacial score (nSPS) is 13.9. The van der Waals surface area contributed by atoms with Crippen LogP contribution < -0.4 is 29.0 Å². The maximum atomic E-state index is 6.50. The summed E-state index contributed by atoms with van der Waals surface area (Å²) in [6.45, 7) is 2.16. The molecule has 0 saturated heterocycles. The van der Waals surface area contributed by atoms with E-state index in [1.165, 1.54) is 5.56 Å². The van der Waals surface area contributed by atoms with Crippen molar-refractivity contribution in [1.29, 1.82) is 0 Å². The van der Waals surface area contributed by atoms with Crippen LogP contribution >= 0.6 is 0 Å². The van der Waals surface area contributed by atoms with Crippen LogP contribution in [0.1, 0.15) is 39.4 Å². The SMILES string of the molecule is COc1cc(CC2NCCc3cc(OCc4ccccc4)c(OCc4ccccc4)c(OC)c32)ccc1OCc1ccccc1. The van der Waals surface area contributed by atoms with Crippen LogP contribution in [-0.2, 0) is 32.7 Å². The minimum absolute atomic E-state index is 0.00624. The summed E-state index contributed by atoms with van der Waals surface area (Å²) >= 11 is 0. The highest BCUT2D eigenvalue weighted by atomic mass is 16.5. The lowest BCUT2D eigenvalue weighted by Gasteiger charge is -2.31. The number of methoxy groups -OCH3 is 2. The number of ether oxygens (including phenoxy) is 5. The topological polar surface area (TPSA) is 58.2 Å². The van der Waals surface area contributed by atoms with Crippen molar-refractivity contribution in [3.63, 3.8) is 0 Å². The summed E-state index contributed by atoms with van der Waals surface area (Å²) in [6, 6.07) is 38.8. The fraction of sp³-hybridized carbons (Fsp3) is 0.231. The summed E-state index contributed by atoms with van der Waals surface area (Å²) < 4.78 is 30.9. The lowest BCUT2D eigenvalue weighted by Crippen LogP contribution is -2.32. The zero-order chi connectivity index (χ0) is 30.8. The third-order valence-corrected chi connectivity index (χ3v) is 8.03. The molecule has 0 aliphatic carbocycles. The van der Waals surface area contributed by atoms with Gasteiger partial charge in [-0.25, -0.2) is 0 Å². The first kappa shape index (κ1) is 30.1. The Labute approximate surface area is 265 Å². The number of rotatable bonds is 13. The van der Waals surface area contributed by atoms with Crippen LogP contribution in [0.2, 0.25) is 0 Å². The summed E-state index contributed by atoms with van der Waals surface area (Å²) in [4.78, 5) is 0. The Morgan fingerprint density at radius 1 is 0.556 bits per heavy atom. The van der Waals surface area contributed by atoms with Crippen molar-refractivity contribution in [3.8, 4) is 28.7 Å². The molecule has 5 aromatic rings. The van der Waals surface area contributed by atoms with Crippen LogP contribution in [-0.4, -0.2) is 20.8 Å². The lowest BCUT2D eigenvalue weighted by atomic mass is 9.88. The Kier molecular flexibility index (Phi) is 9.83. The Balaban J connectivity index is 1.28. The summed E-state index contributed by atoms with van der Waals surface area (Å²) in [5, 5.41) is 3.73. The lowest BCUT2D eigenvalue weighted by molar-refractivity contribution is 0.241. The zero-order valence-electron chi connectivity index (χ0n) is 25.8. The van der Waals surface area contributed by atoms with E-state index in [1.807, 2.05) is 60.7 Å². The molecule has 1 aliphatic rings. The van der Waals surface area contributed by atoms with E-state index in [0.717, 1.165) is 53.0 Å². The Hall–Kier alpha value is -4.94. The second-order valence-corrected chi connectivity index (χ2v) is 11.1. The molecule has 1 N–H and O–H groups in total. The van der Waals surface area contributed by atoms with Gasteiger partial charge in [0.15, 0.2) is 23.0 Å². The van der Waals surface area contributed by atoms with Gasteiger partial charge in [-0.2, -0.15) is 0 Å². The van der Waals surface area contributed by atoms with Crippen LogP contribution in [0, 0.1) is 0 Å². The number of hydrogen-bond donors (Lipinski definition) is 1. The van der Waals surface area contributed by atoms with Crippen molar-refractivity contribution in [2.24, 2.45) is 0 Å². The van der Waals surface area contributed by atoms with E-state index in [9.17, 15) is 0 Å². The smallest absolute Gasteiger partial charge is 0.204 e. The second kappa shape index (κ2) is 14.7. The van der Waals surface area contributed by atoms with Gasteiger partial charge in [-0.15, -0.1) is 0 Å². The molecule has 0 spiro atoms. The molecular weight excluding hydrogens is 562 g/mol. The third kappa shape index (κ3) is 7.41. The molecule has 1 atom stereocenters. The van der Waals surface area contributed by atoms with Gasteiger partial charge in [-0.05, 0) is 65.4 Å². The summed E-state index contributed by atoms with van der Waals surface area (Å²) in [7, 11) is 3.39. The first-order valence-electron chi connectivity index (χ1n) is 15.4. The molecule has 0 bridgehead atoms. The van der Waals surface area contributed by atoms with Gasteiger partial charge in [0.2, 0.25) is 5.75 Å². The predicted octanol–water partition coefficient (Wildman–Crippen LogP) is 7.87. The average molecular weight is 602 g/mol.